The molecule has 0 atom stereocenters. The maximum Gasteiger partial charge on any atom is 0.307 e. The van der Waals surface area contributed by atoms with E-state index in [-0.39, 0.29) is 11.3 Å². The molecule has 9 heteroatoms. The van der Waals surface area contributed by atoms with Crippen molar-refractivity contribution in [1.82, 2.24) is 0 Å². The molecular weight excluding hydrogens is 470 g/mol. The summed E-state index contributed by atoms with van der Waals surface area (Å²) in [6, 6.07) is 9.35. The van der Waals surface area contributed by atoms with E-state index in [0.29, 0.717) is 10.7 Å². The third-order valence-electron chi connectivity index (χ3n) is 3.89. The molecule has 0 aliphatic rings. The second-order valence-corrected chi connectivity index (χ2v) is 9.55. The second-order valence-electron chi connectivity index (χ2n) is 6.15. The third kappa shape index (κ3) is 6.32. The van der Waals surface area contributed by atoms with Crippen molar-refractivity contribution >= 4 is 54.9 Å². The zero-order chi connectivity index (χ0) is 20.9. The van der Waals surface area contributed by atoms with Gasteiger partial charge in [-0.3, -0.25) is 9.59 Å². The van der Waals surface area contributed by atoms with Gasteiger partial charge in [-0.05, 0) is 61.4 Å². The van der Waals surface area contributed by atoms with Gasteiger partial charge in [0, 0.05) is 15.2 Å². The quantitative estimate of drug-likeness (QED) is 0.594. The van der Waals surface area contributed by atoms with Crippen LogP contribution in [0.1, 0.15) is 17.5 Å². The van der Waals surface area contributed by atoms with Crippen LogP contribution < -0.4 is 5.32 Å². The van der Waals surface area contributed by atoms with Gasteiger partial charge < -0.3 is 10.1 Å². The number of carbonyl (C=O) groups is 2. The minimum absolute atomic E-state index is 0.0727. The Morgan fingerprint density at radius 2 is 1.75 bits per heavy atom. The Labute approximate surface area is 177 Å². The van der Waals surface area contributed by atoms with E-state index < -0.39 is 34.1 Å². The molecule has 0 saturated carbocycles. The normalized spacial score (nSPS) is 11.1. The van der Waals surface area contributed by atoms with Gasteiger partial charge in [0.15, 0.2) is 16.4 Å². The Morgan fingerprint density at radius 1 is 1.11 bits per heavy atom. The largest absolute Gasteiger partial charge is 0.456 e. The van der Waals surface area contributed by atoms with Gasteiger partial charge >= 0.3 is 5.97 Å². The first-order chi connectivity index (χ1) is 13.1. The molecule has 2 rings (SSSR count). The smallest absolute Gasteiger partial charge is 0.307 e. The molecule has 0 fully saturated rings. The number of carbonyl (C=O) groups excluding carboxylic acids is 2. The van der Waals surface area contributed by atoms with Gasteiger partial charge in [0.25, 0.3) is 5.91 Å². The van der Waals surface area contributed by atoms with Gasteiger partial charge in [-0.1, -0.05) is 27.5 Å². The summed E-state index contributed by atoms with van der Waals surface area (Å²) >= 11 is 9.15. The first kappa shape index (κ1) is 22.4. The number of rotatable bonds is 7. The standard InChI is InChI=1S/C19H19BrClNO5S/c1-12-10-17(13(2)9-16(12)20)22-18(23)11-27-19(24)7-8-28(25,26)15-5-3-14(21)4-6-15/h3-6,9-10H,7-8,11H2,1-2H3,(H,22,23). The summed E-state index contributed by atoms with van der Waals surface area (Å²) in [4.78, 5) is 23.9. The number of aryl methyl sites for hydroxylation is 2. The van der Waals surface area contributed by atoms with Crippen LogP contribution in [0.15, 0.2) is 45.8 Å². The highest BCUT2D eigenvalue weighted by Gasteiger charge is 2.18. The molecule has 0 unspecified atom stereocenters. The van der Waals surface area contributed by atoms with Crippen LogP contribution in [0, 0.1) is 13.8 Å². The number of nitrogens with one attached hydrogen (secondary N) is 1. The minimum Gasteiger partial charge on any atom is -0.456 e. The Kier molecular flexibility index (Phi) is 7.63. The SMILES string of the molecule is Cc1cc(NC(=O)COC(=O)CCS(=O)(=O)c2ccc(Cl)cc2)c(C)cc1Br. The molecule has 2 aromatic carbocycles. The van der Waals surface area contributed by atoms with Gasteiger partial charge in [0.05, 0.1) is 17.1 Å². The zero-order valence-corrected chi connectivity index (χ0v) is 18.4. The van der Waals surface area contributed by atoms with E-state index >= 15 is 0 Å². The molecule has 28 heavy (non-hydrogen) atoms. The van der Waals surface area contributed by atoms with Crippen LogP contribution in [0.25, 0.3) is 0 Å². The lowest BCUT2D eigenvalue weighted by Crippen LogP contribution is -2.22. The van der Waals surface area contributed by atoms with E-state index in [4.69, 9.17) is 16.3 Å². The molecule has 0 spiro atoms. The van der Waals surface area contributed by atoms with E-state index in [1.54, 1.807) is 6.07 Å². The molecule has 0 aliphatic heterocycles. The lowest BCUT2D eigenvalue weighted by Gasteiger charge is -2.11. The van der Waals surface area contributed by atoms with Crippen LogP contribution in [-0.2, 0) is 24.2 Å². The van der Waals surface area contributed by atoms with Crippen LogP contribution in [0.5, 0.6) is 0 Å². The summed E-state index contributed by atoms with van der Waals surface area (Å²) < 4.78 is 30.2. The average Bonchev–Trinajstić information content (AvgIpc) is 2.63. The van der Waals surface area contributed by atoms with E-state index in [1.807, 2.05) is 19.9 Å². The first-order valence-electron chi connectivity index (χ1n) is 8.29. The molecule has 0 heterocycles. The average molecular weight is 489 g/mol. The topological polar surface area (TPSA) is 89.5 Å². The minimum atomic E-state index is -3.64. The lowest BCUT2D eigenvalue weighted by atomic mass is 10.1. The van der Waals surface area contributed by atoms with E-state index in [0.717, 1.165) is 15.6 Å². The Morgan fingerprint density at radius 3 is 2.39 bits per heavy atom. The Hall–Kier alpha value is -1.90. The fourth-order valence-electron chi connectivity index (χ4n) is 2.30. The van der Waals surface area contributed by atoms with E-state index in [2.05, 4.69) is 21.2 Å². The Balaban J connectivity index is 1.84. The molecule has 0 saturated heterocycles. The van der Waals surface area contributed by atoms with Gasteiger partial charge in [0.1, 0.15) is 0 Å². The number of sulfone groups is 1. The van der Waals surface area contributed by atoms with Crippen molar-refractivity contribution in [1.29, 1.82) is 0 Å². The highest BCUT2D eigenvalue weighted by Crippen LogP contribution is 2.24. The summed E-state index contributed by atoms with van der Waals surface area (Å²) in [7, 11) is -3.64. The maximum absolute atomic E-state index is 12.2. The van der Waals surface area contributed by atoms with E-state index in [9.17, 15) is 18.0 Å². The van der Waals surface area contributed by atoms with Crippen LogP contribution in [0.4, 0.5) is 5.69 Å². The fourth-order valence-corrected chi connectivity index (χ4v) is 4.10. The van der Waals surface area contributed by atoms with Crippen LogP contribution >= 0.6 is 27.5 Å². The lowest BCUT2D eigenvalue weighted by molar-refractivity contribution is -0.146. The molecule has 1 amide bonds. The van der Waals surface area contributed by atoms with Crippen molar-refractivity contribution in [3.8, 4) is 0 Å². The highest BCUT2D eigenvalue weighted by molar-refractivity contribution is 9.10. The van der Waals surface area contributed by atoms with Gasteiger partial charge in [-0.2, -0.15) is 0 Å². The first-order valence-corrected chi connectivity index (χ1v) is 11.1. The number of amides is 1. The monoisotopic (exact) mass is 487 g/mol. The summed E-state index contributed by atoms with van der Waals surface area (Å²) in [6.07, 6.45) is -0.353. The van der Waals surface area contributed by atoms with Crippen LogP contribution in [-0.4, -0.2) is 32.7 Å². The molecule has 0 aromatic heterocycles. The molecule has 0 aliphatic carbocycles. The maximum atomic E-state index is 12.2. The zero-order valence-electron chi connectivity index (χ0n) is 15.3. The van der Waals surface area contributed by atoms with Crippen molar-refractivity contribution < 1.29 is 22.7 Å². The molecular formula is C19H19BrClNO5S. The van der Waals surface area contributed by atoms with Gasteiger partial charge in [-0.15, -0.1) is 0 Å². The van der Waals surface area contributed by atoms with Gasteiger partial charge in [-0.25, -0.2) is 8.42 Å². The van der Waals surface area contributed by atoms with Crippen LogP contribution in [0.2, 0.25) is 5.02 Å². The number of anilines is 1. The predicted molar refractivity (Wildman–Crippen MR) is 111 cm³/mol. The van der Waals surface area contributed by atoms with E-state index in [1.165, 1.54) is 24.3 Å². The molecule has 0 bridgehead atoms. The third-order valence-corrected chi connectivity index (χ3v) is 6.73. The number of halogens is 2. The van der Waals surface area contributed by atoms with Crippen molar-refractivity contribution in [3.05, 3.63) is 57.0 Å². The number of esters is 1. The van der Waals surface area contributed by atoms with Crippen molar-refractivity contribution in [2.75, 3.05) is 17.7 Å². The van der Waals surface area contributed by atoms with Gasteiger partial charge in [0.2, 0.25) is 0 Å². The van der Waals surface area contributed by atoms with Crippen LogP contribution in [0.3, 0.4) is 0 Å². The molecule has 150 valence electrons. The molecule has 6 nitrogen and oxygen atoms in total. The summed E-state index contributed by atoms with van der Waals surface area (Å²) in [5, 5.41) is 3.09. The number of benzene rings is 2. The number of hydrogen-bond donors (Lipinski definition) is 1. The van der Waals surface area contributed by atoms with Crippen molar-refractivity contribution in [2.45, 2.75) is 25.2 Å². The highest BCUT2D eigenvalue weighted by atomic mass is 79.9. The predicted octanol–water partition coefficient (Wildman–Crippen LogP) is 4.07. The molecule has 2 aromatic rings. The second kappa shape index (κ2) is 9.54. The molecule has 0 radical (unpaired) electrons. The fraction of sp³-hybridized carbons (Fsp3) is 0.263. The number of ether oxygens (including phenoxy) is 1. The molecule has 1 N–H and O–H groups in total. The van der Waals surface area contributed by atoms with Crippen molar-refractivity contribution in [3.63, 3.8) is 0 Å². The summed E-state index contributed by atoms with van der Waals surface area (Å²) in [6.45, 7) is 3.24. The number of hydrogen-bond acceptors (Lipinski definition) is 5. The summed E-state index contributed by atoms with van der Waals surface area (Å²) in [5.74, 6) is -1.68. The Bertz CT molecular complexity index is 990. The van der Waals surface area contributed by atoms with Crippen molar-refractivity contribution in [2.24, 2.45) is 0 Å². The summed E-state index contributed by atoms with van der Waals surface area (Å²) in [5.41, 5.74) is 2.42.